The summed E-state index contributed by atoms with van der Waals surface area (Å²) in [6, 6.07) is 5.79. The lowest BCUT2D eigenvalue weighted by Gasteiger charge is -2.10. The van der Waals surface area contributed by atoms with Gasteiger partial charge in [0.2, 0.25) is 0 Å². The highest BCUT2D eigenvalue weighted by Crippen LogP contribution is 2.38. The maximum absolute atomic E-state index is 5.71. The van der Waals surface area contributed by atoms with Gasteiger partial charge in [-0.3, -0.25) is 0 Å². The molecule has 0 amide bonds. The molecule has 112 valence electrons. The zero-order chi connectivity index (χ0) is 14.7. The summed E-state index contributed by atoms with van der Waals surface area (Å²) in [5, 5.41) is 3.96. The molecule has 1 aromatic carbocycles. The average Bonchev–Trinajstić information content (AvgIpc) is 3.25. The molecule has 0 spiro atoms. The third-order valence-corrected chi connectivity index (χ3v) is 3.44. The van der Waals surface area contributed by atoms with Crippen molar-refractivity contribution < 1.29 is 14.0 Å². The van der Waals surface area contributed by atoms with Gasteiger partial charge in [-0.25, -0.2) is 0 Å². The minimum absolute atomic E-state index is 0.242. The molecular formula is C15H19N3O3. The Morgan fingerprint density at radius 1 is 1.33 bits per heavy atom. The number of hydrogen-bond acceptors (Lipinski definition) is 6. The topological polar surface area (TPSA) is 83.4 Å². The van der Waals surface area contributed by atoms with E-state index in [-0.39, 0.29) is 6.61 Å². The van der Waals surface area contributed by atoms with Crippen LogP contribution in [0.2, 0.25) is 0 Å². The molecule has 1 fully saturated rings. The quantitative estimate of drug-likeness (QED) is 0.839. The van der Waals surface area contributed by atoms with Crippen LogP contribution < -0.4 is 15.2 Å². The first kappa shape index (κ1) is 13.9. The second-order valence-corrected chi connectivity index (χ2v) is 5.13. The van der Waals surface area contributed by atoms with Gasteiger partial charge in [0.25, 0.3) is 5.89 Å². The van der Waals surface area contributed by atoms with Crippen LogP contribution in [-0.4, -0.2) is 23.8 Å². The molecule has 6 heteroatoms. The van der Waals surface area contributed by atoms with E-state index >= 15 is 0 Å². The van der Waals surface area contributed by atoms with E-state index < -0.39 is 0 Å². The van der Waals surface area contributed by atoms with E-state index in [4.69, 9.17) is 19.7 Å². The molecule has 21 heavy (non-hydrogen) atoms. The highest BCUT2D eigenvalue weighted by molar-refractivity contribution is 5.43. The Morgan fingerprint density at radius 2 is 2.19 bits per heavy atom. The Morgan fingerprint density at radius 3 is 2.90 bits per heavy atom. The largest absolute Gasteiger partial charge is 0.493 e. The van der Waals surface area contributed by atoms with Gasteiger partial charge in [0, 0.05) is 5.92 Å². The van der Waals surface area contributed by atoms with Gasteiger partial charge < -0.3 is 19.7 Å². The van der Waals surface area contributed by atoms with Crippen LogP contribution in [0.3, 0.4) is 0 Å². The van der Waals surface area contributed by atoms with E-state index in [1.54, 1.807) is 7.11 Å². The van der Waals surface area contributed by atoms with E-state index in [2.05, 4.69) is 10.1 Å². The first-order chi connectivity index (χ1) is 10.3. The van der Waals surface area contributed by atoms with Gasteiger partial charge in [0.15, 0.2) is 23.9 Å². The van der Waals surface area contributed by atoms with Crippen molar-refractivity contribution in [3.8, 4) is 11.5 Å². The van der Waals surface area contributed by atoms with Gasteiger partial charge in [0.1, 0.15) is 0 Å². The molecule has 1 heterocycles. The fourth-order valence-electron chi connectivity index (χ4n) is 2.13. The lowest BCUT2D eigenvalue weighted by Crippen LogP contribution is -2.03. The molecule has 1 saturated carbocycles. The predicted molar refractivity (Wildman–Crippen MR) is 76.4 cm³/mol. The first-order valence-corrected chi connectivity index (χ1v) is 7.12. The summed E-state index contributed by atoms with van der Waals surface area (Å²) in [6.07, 6.45) is 3.11. The summed E-state index contributed by atoms with van der Waals surface area (Å²) in [6.45, 7) is 0.849. The lowest BCUT2D eigenvalue weighted by molar-refractivity contribution is 0.233. The zero-order valence-electron chi connectivity index (χ0n) is 12.0. The SMILES string of the molecule is COc1cc(CCN)ccc1OCc1nc(C2CC2)no1. The van der Waals surface area contributed by atoms with Gasteiger partial charge in [-0.15, -0.1) is 0 Å². The minimum atomic E-state index is 0.242. The number of hydrogen-bond donors (Lipinski definition) is 1. The molecule has 0 saturated heterocycles. The maximum atomic E-state index is 5.71. The number of rotatable bonds is 7. The molecule has 0 unspecified atom stereocenters. The van der Waals surface area contributed by atoms with Crippen LogP contribution in [0.5, 0.6) is 11.5 Å². The molecule has 3 rings (SSSR count). The van der Waals surface area contributed by atoms with Crippen LogP contribution in [0, 0.1) is 0 Å². The molecule has 0 bridgehead atoms. The Kier molecular flexibility index (Phi) is 4.06. The highest BCUT2D eigenvalue weighted by Gasteiger charge is 2.28. The monoisotopic (exact) mass is 289 g/mol. The number of nitrogens with zero attached hydrogens (tertiary/aromatic N) is 2. The van der Waals surface area contributed by atoms with Gasteiger partial charge in [-0.2, -0.15) is 4.98 Å². The summed E-state index contributed by atoms with van der Waals surface area (Å²) >= 11 is 0. The molecule has 1 aliphatic rings. The third kappa shape index (κ3) is 3.33. The van der Waals surface area contributed by atoms with Crippen LogP contribution in [-0.2, 0) is 13.0 Å². The number of aromatic nitrogens is 2. The van der Waals surface area contributed by atoms with E-state index in [1.165, 1.54) is 0 Å². The van der Waals surface area contributed by atoms with Crippen LogP contribution >= 0.6 is 0 Å². The predicted octanol–water partition coefficient (Wildman–Crippen LogP) is 2.04. The summed E-state index contributed by atoms with van der Waals surface area (Å²) in [5.41, 5.74) is 6.68. The Labute approximate surface area is 123 Å². The summed E-state index contributed by atoms with van der Waals surface area (Å²) in [4.78, 5) is 4.33. The minimum Gasteiger partial charge on any atom is -0.493 e. The fourth-order valence-corrected chi connectivity index (χ4v) is 2.13. The number of benzene rings is 1. The molecular weight excluding hydrogens is 270 g/mol. The van der Waals surface area contributed by atoms with Crippen molar-refractivity contribution in [2.45, 2.75) is 31.8 Å². The van der Waals surface area contributed by atoms with Crippen LogP contribution in [0.1, 0.15) is 36.0 Å². The Balaban J connectivity index is 1.65. The van der Waals surface area contributed by atoms with Crippen LogP contribution in [0.25, 0.3) is 0 Å². The average molecular weight is 289 g/mol. The second-order valence-electron chi connectivity index (χ2n) is 5.13. The summed E-state index contributed by atoms with van der Waals surface area (Å²) in [7, 11) is 1.62. The molecule has 0 radical (unpaired) electrons. The highest BCUT2D eigenvalue weighted by atomic mass is 16.5. The number of methoxy groups -OCH3 is 1. The van der Waals surface area contributed by atoms with Gasteiger partial charge in [-0.05, 0) is 43.5 Å². The normalized spacial score (nSPS) is 14.2. The van der Waals surface area contributed by atoms with Crippen molar-refractivity contribution in [2.75, 3.05) is 13.7 Å². The molecule has 1 aromatic heterocycles. The second kappa shape index (κ2) is 6.13. The number of nitrogens with two attached hydrogens (primary N) is 1. The molecule has 6 nitrogen and oxygen atoms in total. The summed E-state index contributed by atoms with van der Waals surface area (Å²) in [5.74, 6) is 3.10. The van der Waals surface area contributed by atoms with E-state index in [0.29, 0.717) is 29.9 Å². The van der Waals surface area contributed by atoms with Crippen molar-refractivity contribution in [2.24, 2.45) is 5.73 Å². The Hall–Kier alpha value is -2.08. The maximum Gasteiger partial charge on any atom is 0.264 e. The smallest absolute Gasteiger partial charge is 0.264 e. The lowest BCUT2D eigenvalue weighted by atomic mass is 10.1. The standard InChI is InChI=1S/C15H19N3O3/c1-19-13-8-10(6-7-16)2-5-12(13)20-9-14-17-15(18-21-14)11-3-4-11/h2,5,8,11H,3-4,6-7,9,16H2,1H3. The van der Waals surface area contributed by atoms with E-state index in [9.17, 15) is 0 Å². The fraction of sp³-hybridized carbons (Fsp3) is 0.467. The zero-order valence-corrected chi connectivity index (χ0v) is 12.0. The van der Waals surface area contributed by atoms with Crippen molar-refractivity contribution in [1.29, 1.82) is 0 Å². The molecule has 0 aliphatic heterocycles. The third-order valence-electron chi connectivity index (χ3n) is 3.44. The van der Waals surface area contributed by atoms with Crippen molar-refractivity contribution in [1.82, 2.24) is 10.1 Å². The van der Waals surface area contributed by atoms with Crippen molar-refractivity contribution >= 4 is 0 Å². The van der Waals surface area contributed by atoms with Gasteiger partial charge >= 0.3 is 0 Å². The number of ether oxygens (including phenoxy) is 2. The molecule has 2 aromatic rings. The van der Waals surface area contributed by atoms with Gasteiger partial charge in [0.05, 0.1) is 7.11 Å². The first-order valence-electron chi connectivity index (χ1n) is 7.12. The van der Waals surface area contributed by atoms with Crippen molar-refractivity contribution in [3.05, 3.63) is 35.5 Å². The van der Waals surface area contributed by atoms with E-state index in [0.717, 1.165) is 30.7 Å². The van der Waals surface area contributed by atoms with Gasteiger partial charge in [-0.1, -0.05) is 11.2 Å². The van der Waals surface area contributed by atoms with E-state index in [1.807, 2.05) is 18.2 Å². The molecule has 0 atom stereocenters. The van der Waals surface area contributed by atoms with Crippen LogP contribution in [0.15, 0.2) is 22.7 Å². The summed E-state index contributed by atoms with van der Waals surface area (Å²) < 4.78 is 16.2. The van der Waals surface area contributed by atoms with Crippen LogP contribution in [0.4, 0.5) is 0 Å². The van der Waals surface area contributed by atoms with Crippen molar-refractivity contribution in [3.63, 3.8) is 0 Å². The Bertz CT molecular complexity index is 608. The molecule has 1 aliphatic carbocycles. The molecule has 2 N–H and O–H groups in total.